The zero-order chi connectivity index (χ0) is 17.1. The van der Waals surface area contributed by atoms with Crippen molar-refractivity contribution in [2.75, 3.05) is 31.7 Å². The Morgan fingerprint density at radius 2 is 2.00 bits per heavy atom. The number of hydrogen-bond acceptors (Lipinski definition) is 6. The van der Waals surface area contributed by atoms with E-state index in [1.54, 1.807) is 30.3 Å². The first-order valence-corrected chi connectivity index (χ1v) is 7.03. The van der Waals surface area contributed by atoms with Gasteiger partial charge in [0.15, 0.2) is 5.78 Å². The van der Waals surface area contributed by atoms with Crippen LogP contribution in [-0.4, -0.2) is 43.2 Å². The number of aliphatic hydroxyl groups excluding tert-OH is 1. The van der Waals surface area contributed by atoms with E-state index < -0.39 is 5.91 Å². The number of carbonyl (C=O) groups is 2. The van der Waals surface area contributed by atoms with Gasteiger partial charge in [0.25, 0.3) is 5.91 Å². The van der Waals surface area contributed by atoms with E-state index in [-0.39, 0.29) is 24.6 Å². The number of nitriles is 1. The number of rotatable bonds is 9. The summed E-state index contributed by atoms with van der Waals surface area (Å²) in [6.45, 7) is 2.41. The quantitative estimate of drug-likeness (QED) is 0.269. The highest BCUT2D eigenvalue weighted by molar-refractivity contribution is 6.06. The average molecular weight is 317 g/mol. The summed E-state index contributed by atoms with van der Waals surface area (Å²) < 4.78 is 5.03. The summed E-state index contributed by atoms with van der Waals surface area (Å²) in [5.41, 5.74) is 0.957. The lowest BCUT2D eigenvalue weighted by atomic mass is 10.1. The maximum Gasteiger partial charge on any atom is 0.267 e. The summed E-state index contributed by atoms with van der Waals surface area (Å²) in [5, 5.41) is 22.9. The van der Waals surface area contributed by atoms with Crippen molar-refractivity contribution in [3.8, 4) is 6.07 Å². The maximum absolute atomic E-state index is 12.0. The molecule has 1 rings (SSSR count). The summed E-state index contributed by atoms with van der Waals surface area (Å²) in [4.78, 5) is 23.1. The Kier molecular flexibility index (Phi) is 8.07. The second-order valence-corrected chi connectivity index (χ2v) is 4.55. The number of Topliss-reactive ketones (excluding diaryl/α,β-unsaturated/α-hetero) is 1. The van der Waals surface area contributed by atoms with Gasteiger partial charge in [0.2, 0.25) is 0 Å². The molecule has 122 valence electrons. The van der Waals surface area contributed by atoms with Gasteiger partial charge in [-0.3, -0.25) is 9.59 Å². The van der Waals surface area contributed by atoms with E-state index >= 15 is 0 Å². The van der Waals surface area contributed by atoms with Crippen molar-refractivity contribution in [3.05, 3.63) is 41.6 Å². The molecule has 7 heteroatoms. The first-order chi connectivity index (χ1) is 11.1. The van der Waals surface area contributed by atoms with Gasteiger partial charge in [0.05, 0.1) is 19.8 Å². The van der Waals surface area contributed by atoms with E-state index in [2.05, 4.69) is 10.6 Å². The normalized spacial score (nSPS) is 10.7. The van der Waals surface area contributed by atoms with Crippen LogP contribution in [0.25, 0.3) is 0 Å². The van der Waals surface area contributed by atoms with Gasteiger partial charge < -0.3 is 20.5 Å². The number of amides is 1. The SMILES string of the molecule is CC(=O)c1ccc(NC(=O)/C(C#N)=C\NCCOCCO)cc1. The van der Waals surface area contributed by atoms with Gasteiger partial charge in [-0.1, -0.05) is 0 Å². The molecule has 0 aliphatic carbocycles. The highest BCUT2D eigenvalue weighted by atomic mass is 16.5. The van der Waals surface area contributed by atoms with Crippen LogP contribution in [0.15, 0.2) is 36.0 Å². The number of ketones is 1. The van der Waals surface area contributed by atoms with Gasteiger partial charge in [-0.05, 0) is 31.2 Å². The van der Waals surface area contributed by atoms with Crippen LogP contribution in [0.1, 0.15) is 17.3 Å². The molecule has 1 aromatic carbocycles. The molecule has 0 bridgehead atoms. The Bertz CT molecular complexity index is 603. The molecule has 23 heavy (non-hydrogen) atoms. The van der Waals surface area contributed by atoms with Crippen molar-refractivity contribution in [2.45, 2.75) is 6.92 Å². The minimum absolute atomic E-state index is 0.0515. The number of ether oxygens (including phenoxy) is 1. The molecule has 0 spiro atoms. The molecule has 0 heterocycles. The fourth-order valence-electron chi connectivity index (χ4n) is 1.61. The Hall–Kier alpha value is -2.69. The fraction of sp³-hybridized carbons (Fsp3) is 0.312. The lowest BCUT2D eigenvalue weighted by molar-refractivity contribution is -0.112. The Morgan fingerprint density at radius 3 is 2.57 bits per heavy atom. The predicted molar refractivity (Wildman–Crippen MR) is 84.7 cm³/mol. The van der Waals surface area contributed by atoms with E-state index in [4.69, 9.17) is 15.1 Å². The third-order valence-electron chi connectivity index (χ3n) is 2.79. The lowest BCUT2D eigenvalue weighted by Crippen LogP contribution is -2.19. The molecule has 0 saturated carbocycles. The molecular weight excluding hydrogens is 298 g/mol. The number of nitrogens with one attached hydrogen (secondary N) is 2. The third kappa shape index (κ3) is 6.74. The van der Waals surface area contributed by atoms with Gasteiger partial charge >= 0.3 is 0 Å². The minimum atomic E-state index is -0.549. The molecule has 0 radical (unpaired) electrons. The van der Waals surface area contributed by atoms with Crippen molar-refractivity contribution in [3.63, 3.8) is 0 Å². The lowest BCUT2D eigenvalue weighted by Gasteiger charge is -2.06. The fourth-order valence-corrected chi connectivity index (χ4v) is 1.61. The number of benzene rings is 1. The van der Waals surface area contributed by atoms with E-state index in [1.165, 1.54) is 13.1 Å². The van der Waals surface area contributed by atoms with Crippen LogP contribution >= 0.6 is 0 Å². The first-order valence-electron chi connectivity index (χ1n) is 7.03. The number of anilines is 1. The van der Waals surface area contributed by atoms with E-state index in [9.17, 15) is 9.59 Å². The van der Waals surface area contributed by atoms with E-state index in [0.717, 1.165) is 0 Å². The van der Waals surface area contributed by atoms with Gasteiger partial charge in [0, 0.05) is 24.0 Å². The van der Waals surface area contributed by atoms with Crippen LogP contribution in [-0.2, 0) is 9.53 Å². The van der Waals surface area contributed by atoms with Crippen LogP contribution in [0.3, 0.4) is 0 Å². The van der Waals surface area contributed by atoms with E-state index in [0.29, 0.717) is 24.4 Å². The molecular formula is C16H19N3O4. The monoisotopic (exact) mass is 317 g/mol. The highest BCUT2D eigenvalue weighted by Gasteiger charge is 2.09. The summed E-state index contributed by atoms with van der Waals surface area (Å²) in [6.07, 6.45) is 1.31. The van der Waals surface area contributed by atoms with Gasteiger partial charge in [-0.15, -0.1) is 0 Å². The largest absolute Gasteiger partial charge is 0.394 e. The Balaban J connectivity index is 2.53. The van der Waals surface area contributed by atoms with Crippen molar-refractivity contribution < 1.29 is 19.4 Å². The minimum Gasteiger partial charge on any atom is -0.394 e. The van der Waals surface area contributed by atoms with Crippen molar-refractivity contribution in [1.82, 2.24) is 5.32 Å². The smallest absolute Gasteiger partial charge is 0.267 e. The first kappa shape index (κ1) is 18.4. The zero-order valence-electron chi connectivity index (χ0n) is 12.8. The van der Waals surface area contributed by atoms with Crippen molar-refractivity contribution in [2.24, 2.45) is 0 Å². The molecule has 1 aromatic rings. The summed E-state index contributed by atoms with van der Waals surface area (Å²) >= 11 is 0. The van der Waals surface area contributed by atoms with E-state index in [1.807, 2.05) is 0 Å². The topological polar surface area (TPSA) is 111 Å². The summed E-state index contributed by atoms with van der Waals surface area (Å²) in [7, 11) is 0. The second-order valence-electron chi connectivity index (χ2n) is 4.55. The molecule has 7 nitrogen and oxygen atoms in total. The molecule has 3 N–H and O–H groups in total. The second kappa shape index (κ2) is 10.1. The van der Waals surface area contributed by atoms with Crippen LogP contribution in [0, 0.1) is 11.3 Å². The molecule has 0 aliphatic heterocycles. The maximum atomic E-state index is 12.0. The number of hydrogen-bond donors (Lipinski definition) is 3. The molecule has 0 atom stereocenters. The van der Waals surface area contributed by atoms with Crippen LogP contribution < -0.4 is 10.6 Å². The molecule has 0 aromatic heterocycles. The zero-order valence-corrected chi connectivity index (χ0v) is 12.8. The molecule has 0 saturated heterocycles. The number of aliphatic hydroxyl groups is 1. The Morgan fingerprint density at radius 1 is 1.30 bits per heavy atom. The third-order valence-corrected chi connectivity index (χ3v) is 2.79. The van der Waals surface area contributed by atoms with Crippen molar-refractivity contribution >= 4 is 17.4 Å². The number of nitrogens with zero attached hydrogens (tertiary/aromatic N) is 1. The highest BCUT2D eigenvalue weighted by Crippen LogP contribution is 2.11. The molecule has 0 aliphatic rings. The molecule has 0 fully saturated rings. The molecule has 0 unspecified atom stereocenters. The van der Waals surface area contributed by atoms with Crippen LogP contribution in [0.5, 0.6) is 0 Å². The average Bonchev–Trinajstić information content (AvgIpc) is 2.54. The summed E-state index contributed by atoms with van der Waals surface area (Å²) in [6, 6.07) is 8.20. The predicted octanol–water partition coefficient (Wildman–Crippen LogP) is 0.834. The standard InChI is InChI=1S/C16H19N3O4/c1-12(21)13-2-4-15(5-3-13)19-16(22)14(10-17)11-18-6-8-23-9-7-20/h2-5,11,18,20H,6-9H2,1H3,(H,19,22)/b14-11-. The molecule has 1 amide bonds. The Labute approximate surface area is 134 Å². The van der Waals surface area contributed by atoms with Gasteiger partial charge in [0.1, 0.15) is 11.6 Å². The van der Waals surface area contributed by atoms with Crippen molar-refractivity contribution in [1.29, 1.82) is 5.26 Å². The number of carbonyl (C=O) groups excluding carboxylic acids is 2. The van der Waals surface area contributed by atoms with Crippen LogP contribution in [0.4, 0.5) is 5.69 Å². The van der Waals surface area contributed by atoms with Crippen LogP contribution in [0.2, 0.25) is 0 Å². The van der Waals surface area contributed by atoms with Gasteiger partial charge in [-0.2, -0.15) is 5.26 Å². The van der Waals surface area contributed by atoms with Gasteiger partial charge in [-0.25, -0.2) is 0 Å². The summed E-state index contributed by atoms with van der Waals surface area (Å²) in [5.74, 6) is -0.611.